The van der Waals surface area contributed by atoms with Crippen LogP contribution in [0, 0.1) is 0 Å². The van der Waals surface area contributed by atoms with Crippen LogP contribution in [0.2, 0.25) is 0 Å². The van der Waals surface area contributed by atoms with E-state index in [0.29, 0.717) is 11.5 Å². The topological polar surface area (TPSA) is 66.5 Å². The summed E-state index contributed by atoms with van der Waals surface area (Å²) in [6, 6.07) is 14.2. The van der Waals surface area contributed by atoms with Crippen LogP contribution in [0.25, 0.3) is 10.9 Å². The number of benzene rings is 2. The molecule has 0 aliphatic heterocycles. The molecular weight excluding hydrogens is 352 g/mol. The van der Waals surface area contributed by atoms with E-state index in [9.17, 15) is 0 Å². The number of nitrogens with one attached hydrogen (secondary N) is 2. The molecule has 3 N–H and O–H groups in total. The zero-order valence-electron chi connectivity index (χ0n) is 14.8. The van der Waals surface area contributed by atoms with Crippen LogP contribution in [0.5, 0.6) is 11.5 Å². The first-order valence-electron chi connectivity index (χ1n) is 8.48. The van der Waals surface area contributed by atoms with E-state index in [2.05, 4.69) is 34.7 Å². The summed E-state index contributed by atoms with van der Waals surface area (Å²) in [6.45, 7) is 1.91. The minimum Gasteiger partial charge on any atom is -0.493 e. The summed E-state index contributed by atoms with van der Waals surface area (Å²) < 4.78 is 10.8. The van der Waals surface area contributed by atoms with E-state index >= 15 is 0 Å². The van der Waals surface area contributed by atoms with E-state index in [1.54, 1.807) is 7.11 Å². The van der Waals surface area contributed by atoms with Crippen LogP contribution in [0.15, 0.2) is 48.7 Å². The van der Waals surface area contributed by atoms with Crippen molar-refractivity contribution in [2.24, 2.45) is 0 Å². The zero-order valence-corrected chi connectivity index (χ0v) is 15.6. The van der Waals surface area contributed by atoms with Crippen LogP contribution in [-0.4, -0.2) is 37.0 Å². The lowest BCUT2D eigenvalue weighted by Gasteiger charge is -2.12. The second-order valence-corrected chi connectivity index (χ2v) is 5.84. The van der Waals surface area contributed by atoms with Crippen LogP contribution in [0.4, 0.5) is 0 Å². The van der Waals surface area contributed by atoms with Crippen molar-refractivity contribution in [2.45, 2.75) is 13.0 Å². The monoisotopic (exact) mass is 376 g/mol. The maximum Gasteiger partial charge on any atom is 0.161 e. The summed E-state index contributed by atoms with van der Waals surface area (Å²) in [5.74, 6) is 1.34. The standard InChI is InChI=1S/C20H24N2O3.ClH/c1-24-20-12-15(6-7-19(20)25-11-10-23)13-21-9-8-16-14-22-18-5-3-2-4-17(16)18;/h2-7,12,14,21-23H,8-11,13H2,1H3;1H. The molecule has 3 aromatic rings. The average molecular weight is 377 g/mol. The highest BCUT2D eigenvalue weighted by atomic mass is 35.5. The van der Waals surface area contributed by atoms with Crippen molar-refractivity contribution in [3.63, 3.8) is 0 Å². The predicted molar refractivity (Wildman–Crippen MR) is 107 cm³/mol. The first-order chi connectivity index (χ1) is 12.3. The molecule has 1 heterocycles. The quantitative estimate of drug-likeness (QED) is 0.501. The second-order valence-electron chi connectivity index (χ2n) is 5.84. The van der Waals surface area contributed by atoms with Crippen molar-refractivity contribution in [2.75, 3.05) is 26.9 Å². The number of aromatic amines is 1. The fraction of sp³-hybridized carbons (Fsp3) is 0.300. The number of H-pyrrole nitrogens is 1. The maximum absolute atomic E-state index is 8.86. The Morgan fingerprint density at radius 3 is 2.77 bits per heavy atom. The van der Waals surface area contributed by atoms with Gasteiger partial charge in [-0.05, 0) is 42.3 Å². The van der Waals surface area contributed by atoms with Gasteiger partial charge in [-0.2, -0.15) is 0 Å². The van der Waals surface area contributed by atoms with E-state index in [4.69, 9.17) is 14.6 Å². The number of para-hydroxylation sites is 1. The second kappa shape index (κ2) is 10.1. The lowest BCUT2D eigenvalue weighted by Crippen LogP contribution is -2.16. The molecule has 0 saturated heterocycles. The van der Waals surface area contributed by atoms with E-state index in [1.807, 2.05) is 24.3 Å². The molecule has 0 unspecified atom stereocenters. The highest BCUT2D eigenvalue weighted by molar-refractivity contribution is 5.85. The number of methoxy groups -OCH3 is 1. The van der Waals surface area contributed by atoms with Gasteiger partial charge in [0.2, 0.25) is 0 Å². The van der Waals surface area contributed by atoms with E-state index in [1.165, 1.54) is 16.5 Å². The highest BCUT2D eigenvalue weighted by Crippen LogP contribution is 2.28. The van der Waals surface area contributed by atoms with Crippen molar-refractivity contribution in [1.82, 2.24) is 10.3 Å². The van der Waals surface area contributed by atoms with Crippen LogP contribution in [0.3, 0.4) is 0 Å². The van der Waals surface area contributed by atoms with Crippen LogP contribution in [-0.2, 0) is 13.0 Å². The molecule has 0 radical (unpaired) electrons. The van der Waals surface area contributed by atoms with Crippen molar-refractivity contribution >= 4 is 23.3 Å². The summed E-state index contributed by atoms with van der Waals surface area (Å²) in [5, 5.41) is 13.6. The summed E-state index contributed by atoms with van der Waals surface area (Å²) in [4.78, 5) is 3.31. The van der Waals surface area contributed by atoms with Crippen molar-refractivity contribution in [1.29, 1.82) is 0 Å². The van der Waals surface area contributed by atoms with E-state index < -0.39 is 0 Å². The number of aliphatic hydroxyl groups is 1. The fourth-order valence-electron chi connectivity index (χ4n) is 2.89. The number of aliphatic hydroxyl groups excluding tert-OH is 1. The van der Waals surface area contributed by atoms with Gasteiger partial charge in [-0.3, -0.25) is 0 Å². The fourth-order valence-corrected chi connectivity index (χ4v) is 2.89. The van der Waals surface area contributed by atoms with Gasteiger partial charge >= 0.3 is 0 Å². The highest BCUT2D eigenvalue weighted by Gasteiger charge is 2.06. The Labute approximate surface area is 159 Å². The predicted octanol–water partition coefficient (Wildman–Crippen LogP) is 3.30. The average Bonchev–Trinajstić information content (AvgIpc) is 3.07. The lowest BCUT2D eigenvalue weighted by atomic mass is 10.1. The van der Waals surface area contributed by atoms with Crippen LogP contribution >= 0.6 is 12.4 Å². The molecule has 0 atom stereocenters. The molecule has 0 amide bonds. The van der Waals surface area contributed by atoms with Gasteiger partial charge in [-0.25, -0.2) is 0 Å². The third-order valence-electron chi connectivity index (χ3n) is 4.15. The maximum atomic E-state index is 8.86. The van der Waals surface area contributed by atoms with E-state index in [-0.39, 0.29) is 25.6 Å². The van der Waals surface area contributed by atoms with Gasteiger partial charge in [0.25, 0.3) is 0 Å². The number of hydrogen-bond donors (Lipinski definition) is 3. The molecule has 3 rings (SSSR count). The molecule has 6 heteroatoms. The minimum atomic E-state index is -0.0136. The van der Waals surface area contributed by atoms with Gasteiger partial charge in [0, 0.05) is 23.6 Å². The van der Waals surface area contributed by atoms with Gasteiger partial charge in [0.1, 0.15) is 6.61 Å². The zero-order chi connectivity index (χ0) is 17.5. The first-order valence-corrected chi connectivity index (χ1v) is 8.48. The number of ether oxygens (including phenoxy) is 2. The molecule has 5 nitrogen and oxygen atoms in total. The number of halogens is 1. The molecule has 140 valence electrons. The Morgan fingerprint density at radius 1 is 1.12 bits per heavy atom. The van der Waals surface area contributed by atoms with Gasteiger partial charge in [0.15, 0.2) is 11.5 Å². The van der Waals surface area contributed by atoms with Crippen molar-refractivity contribution in [3.05, 3.63) is 59.8 Å². The summed E-state index contributed by atoms with van der Waals surface area (Å²) in [7, 11) is 1.62. The van der Waals surface area contributed by atoms with Gasteiger partial charge in [-0.1, -0.05) is 24.3 Å². The number of fused-ring (bicyclic) bond motifs is 1. The summed E-state index contributed by atoms with van der Waals surface area (Å²) in [6.07, 6.45) is 3.06. The molecule has 1 aromatic heterocycles. The van der Waals surface area contributed by atoms with Crippen LogP contribution < -0.4 is 14.8 Å². The third-order valence-corrected chi connectivity index (χ3v) is 4.15. The smallest absolute Gasteiger partial charge is 0.161 e. The number of hydrogen-bond acceptors (Lipinski definition) is 4. The molecule has 0 bridgehead atoms. The Balaban J connectivity index is 0.00000243. The number of aromatic nitrogens is 1. The third kappa shape index (κ3) is 4.91. The molecule has 26 heavy (non-hydrogen) atoms. The van der Waals surface area contributed by atoms with Crippen molar-refractivity contribution < 1.29 is 14.6 Å². The normalized spacial score (nSPS) is 10.5. The van der Waals surface area contributed by atoms with E-state index in [0.717, 1.165) is 25.1 Å². The molecule has 0 fully saturated rings. The summed E-state index contributed by atoms with van der Waals surface area (Å²) >= 11 is 0. The van der Waals surface area contributed by atoms with Crippen molar-refractivity contribution in [3.8, 4) is 11.5 Å². The van der Waals surface area contributed by atoms with Gasteiger partial charge in [-0.15, -0.1) is 12.4 Å². The Hall–Kier alpha value is -2.21. The molecule has 0 aliphatic carbocycles. The molecular formula is C20H25ClN2O3. The lowest BCUT2D eigenvalue weighted by molar-refractivity contribution is 0.196. The largest absolute Gasteiger partial charge is 0.493 e. The van der Waals surface area contributed by atoms with Crippen LogP contribution in [0.1, 0.15) is 11.1 Å². The van der Waals surface area contributed by atoms with Gasteiger partial charge < -0.3 is 24.9 Å². The molecule has 0 spiro atoms. The Kier molecular flexibility index (Phi) is 7.78. The molecule has 0 aliphatic rings. The minimum absolute atomic E-state index is 0. The Bertz CT molecular complexity index is 820. The Morgan fingerprint density at radius 2 is 1.96 bits per heavy atom. The SMILES string of the molecule is COc1cc(CNCCc2c[nH]c3ccccc23)ccc1OCCO.Cl. The first kappa shape index (κ1) is 20.1. The molecule has 2 aromatic carbocycles. The summed E-state index contributed by atoms with van der Waals surface area (Å²) in [5.41, 5.74) is 3.64. The number of rotatable bonds is 9. The molecule has 0 saturated carbocycles. The van der Waals surface area contributed by atoms with Gasteiger partial charge in [0.05, 0.1) is 13.7 Å².